The molecule has 0 saturated carbocycles. The van der Waals surface area contributed by atoms with Crippen LogP contribution in [-0.4, -0.2) is 27.5 Å². The molecule has 0 bridgehead atoms. The van der Waals surface area contributed by atoms with Crippen molar-refractivity contribution in [3.05, 3.63) is 28.2 Å². The maximum absolute atomic E-state index is 12.3. The normalized spacial score (nSPS) is 16.2. The van der Waals surface area contributed by atoms with Crippen molar-refractivity contribution in [2.24, 2.45) is 0 Å². The molecule has 0 radical (unpaired) electrons. The summed E-state index contributed by atoms with van der Waals surface area (Å²) in [6.07, 6.45) is 1.55. The molecule has 1 aliphatic heterocycles. The van der Waals surface area contributed by atoms with Crippen molar-refractivity contribution in [1.29, 1.82) is 5.26 Å². The molecule has 20 heavy (non-hydrogen) atoms. The van der Waals surface area contributed by atoms with Gasteiger partial charge in [-0.05, 0) is 44.1 Å². The fourth-order valence-electron chi connectivity index (χ4n) is 2.01. The van der Waals surface area contributed by atoms with Gasteiger partial charge in [0.1, 0.15) is 0 Å². The highest BCUT2D eigenvalue weighted by Crippen LogP contribution is 2.20. The molecule has 1 fully saturated rings. The predicted molar refractivity (Wildman–Crippen MR) is 82.3 cm³/mol. The first-order valence-corrected chi connectivity index (χ1v) is 8.22. The summed E-state index contributed by atoms with van der Waals surface area (Å²) in [7, 11) is -3.57. The van der Waals surface area contributed by atoms with Gasteiger partial charge in [-0.25, -0.2) is 13.1 Å². The molecular weight excluding hydrogens is 366 g/mol. The van der Waals surface area contributed by atoms with E-state index in [1.165, 1.54) is 12.1 Å². The molecule has 0 aromatic heterocycles. The van der Waals surface area contributed by atoms with Crippen LogP contribution in [0.5, 0.6) is 0 Å². The third-order valence-corrected chi connectivity index (χ3v) is 4.93. The van der Waals surface area contributed by atoms with Gasteiger partial charge in [-0.2, -0.15) is 5.26 Å². The molecule has 5 nitrogen and oxygen atoms in total. The quantitative estimate of drug-likeness (QED) is 0.837. The highest BCUT2D eigenvalue weighted by molar-refractivity contribution is 9.10. The highest BCUT2D eigenvalue weighted by atomic mass is 79.9. The van der Waals surface area contributed by atoms with E-state index in [1.807, 2.05) is 6.07 Å². The SMILES string of the molecule is Cl.N#Cc1cc(Br)cc(S(=O)(=O)NC2CCNCC2)c1. The number of hydrogen-bond acceptors (Lipinski definition) is 4. The average Bonchev–Trinajstić information content (AvgIpc) is 2.38. The number of halogens is 2. The van der Waals surface area contributed by atoms with Crippen molar-refractivity contribution >= 4 is 38.4 Å². The van der Waals surface area contributed by atoms with Crippen LogP contribution in [-0.2, 0) is 10.0 Å². The Labute approximate surface area is 133 Å². The number of nitrogens with one attached hydrogen (secondary N) is 2. The Morgan fingerprint density at radius 1 is 1.30 bits per heavy atom. The number of nitrogens with zero attached hydrogens (tertiary/aromatic N) is 1. The minimum Gasteiger partial charge on any atom is -0.317 e. The smallest absolute Gasteiger partial charge is 0.240 e. The van der Waals surface area contributed by atoms with Crippen LogP contribution in [0.3, 0.4) is 0 Å². The number of nitriles is 1. The summed E-state index contributed by atoms with van der Waals surface area (Å²) < 4.78 is 27.8. The van der Waals surface area contributed by atoms with Crippen LogP contribution in [0.15, 0.2) is 27.6 Å². The Morgan fingerprint density at radius 3 is 2.55 bits per heavy atom. The lowest BCUT2D eigenvalue weighted by molar-refractivity contribution is 0.427. The summed E-state index contributed by atoms with van der Waals surface area (Å²) in [6, 6.07) is 6.38. The number of benzene rings is 1. The Hall–Kier alpha value is -0.650. The van der Waals surface area contributed by atoms with E-state index in [0.717, 1.165) is 25.9 Å². The van der Waals surface area contributed by atoms with Gasteiger partial charge in [0.2, 0.25) is 10.0 Å². The van der Waals surface area contributed by atoms with E-state index in [9.17, 15) is 8.42 Å². The van der Waals surface area contributed by atoms with Crippen molar-refractivity contribution in [1.82, 2.24) is 10.0 Å². The van der Waals surface area contributed by atoms with Crippen LogP contribution in [0.2, 0.25) is 0 Å². The first-order valence-electron chi connectivity index (χ1n) is 5.95. The third kappa shape index (κ3) is 4.43. The molecule has 2 rings (SSSR count). The summed E-state index contributed by atoms with van der Waals surface area (Å²) in [5.74, 6) is 0. The molecule has 0 atom stereocenters. The van der Waals surface area contributed by atoms with Gasteiger partial charge in [0.25, 0.3) is 0 Å². The van der Waals surface area contributed by atoms with E-state index in [2.05, 4.69) is 26.0 Å². The minimum absolute atomic E-state index is 0. The summed E-state index contributed by atoms with van der Waals surface area (Å²) in [6.45, 7) is 1.63. The van der Waals surface area contributed by atoms with E-state index in [-0.39, 0.29) is 23.3 Å². The van der Waals surface area contributed by atoms with Gasteiger partial charge >= 0.3 is 0 Å². The van der Waals surface area contributed by atoms with Crippen molar-refractivity contribution in [2.45, 2.75) is 23.8 Å². The van der Waals surface area contributed by atoms with Crippen LogP contribution in [0, 0.1) is 11.3 Å². The summed E-state index contributed by atoms with van der Waals surface area (Å²) in [4.78, 5) is 0.122. The predicted octanol–water partition coefficient (Wildman–Crippen LogP) is 1.77. The van der Waals surface area contributed by atoms with Crippen LogP contribution in [0.1, 0.15) is 18.4 Å². The monoisotopic (exact) mass is 379 g/mol. The highest BCUT2D eigenvalue weighted by Gasteiger charge is 2.22. The summed E-state index contributed by atoms with van der Waals surface area (Å²) in [5.41, 5.74) is 0.320. The number of sulfonamides is 1. The molecule has 1 saturated heterocycles. The number of rotatable bonds is 3. The molecule has 0 unspecified atom stereocenters. The molecule has 8 heteroatoms. The molecule has 1 aliphatic rings. The van der Waals surface area contributed by atoms with Gasteiger partial charge in [0, 0.05) is 10.5 Å². The average molecular weight is 381 g/mol. The van der Waals surface area contributed by atoms with Crippen molar-refractivity contribution in [3.8, 4) is 6.07 Å². The van der Waals surface area contributed by atoms with Crippen molar-refractivity contribution < 1.29 is 8.42 Å². The van der Waals surface area contributed by atoms with Crippen LogP contribution in [0.25, 0.3) is 0 Å². The lowest BCUT2D eigenvalue weighted by Gasteiger charge is -2.23. The third-order valence-electron chi connectivity index (χ3n) is 2.97. The summed E-state index contributed by atoms with van der Waals surface area (Å²) in [5, 5.41) is 12.1. The van der Waals surface area contributed by atoms with E-state index in [0.29, 0.717) is 10.0 Å². The second-order valence-electron chi connectivity index (χ2n) is 4.43. The Kier molecular flexibility index (Phi) is 6.43. The Morgan fingerprint density at radius 2 is 1.95 bits per heavy atom. The first-order chi connectivity index (χ1) is 9.01. The van der Waals surface area contributed by atoms with Crippen molar-refractivity contribution in [2.75, 3.05) is 13.1 Å². The molecular formula is C12H15BrClN3O2S. The molecule has 0 spiro atoms. The van der Waals surface area contributed by atoms with Gasteiger partial charge in [0.05, 0.1) is 16.5 Å². The van der Waals surface area contributed by atoms with E-state index >= 15 is 0 Å². The van der Waals surface area contributed by atoms with Gasteiger partial charge in [-0.15, -0.1) is 12.4 Å². The molecule has 2 N–H and O–H groups in total. The van der Waals surface area contributed by atoms with Gasteiger partial charge < -0.3 is 5.32 Å². The molecule has 0 amide bonds. The van der Waals surface area contributed by atoms with E-state index in [1.54, 1.807) is 6.07 Å². The molecule has 1 aromatic rings. The number of piperidine rings is 1. The van der Waals surface area contributed by atoms with Crippen LogP contribution >= 0.6 is 28.3 Å². The van der Waals surface area contributed by atoms with Crippen molar-refractivity contribution in [3.63, 3.8) is 0 Å². The zero-order valence-corrected chi connectivity index (χ0v) is 13.8. The second kappa shape index (κ2) is 7.38. The fourth-order valence-corrected chi connectivity index (χ4v) is 4.03. The van der Waals surface area contributed by atoms with Gasteiger partial charge in [-0.1, -0.05) is 15.9 Å². The topological polar surface area (TPSA) is 82.0 Å². The molecule has 1 heterocycles. The van der Waals surface area contributed by atoms with Gasteiger partial charge in [-0.3, -0.25) is 0 Å². The standard InChI is InChI=1S/C12H14BrN3O2S.ClH/c13-10-5-9(8-14)6-12(7-10)19(17,18)16-11-1-3-15-4-2-11;/h5-7,11,15-16H,1-4H2;1H. The Bertz CT molecular complexity index is 610. The second-order valence-corrected chi connectivity index (χ2v) is 7.06. The largest absolute Gasteiger partial charge is 0.317 e. The first kappa shape index (κ1) is 17.4. The van der Waals surface area contributed by atoms with Gasteiger partial charge in [0.15, 0.2) is 0 Å². The van der Waals surface area contributed by atoms with E-state index in [4.69, 9.17) is 5.26 Å². The lowest BCUT2D eigenvalue weighted by atomic mass is 10.1. The lowest BCUT2D eigenvalue weighted by Crippen LogP contribution is -2.42. The molecule has 110 valence electrons. The molecule has 0 aliphatic carbocycles. The van der Waals surface area contributed by atoms with Crippen LogP contribution in [0.4, 0.5) is 0 Å². The minimum atomic E-state index is -3.57. The maximum Gasteiger partial charge on any atom is 0.240 e. The maximum atomic E-state index is 12.3. The Balaban J connectivity index is 0.00000200. The number of hydrogen-bond donors (Lipinski definition) is 2. The zero-order valence-electron chi connectivity index (χ0n) is 10.6. The van der Waals surface area contributed by atoms with Crippen LogP contribution < -0.4 is 10.0 Å². The fraction of sp³-hybridized carbons (Fsp3) is 0.417. The summed E-state index contributed by atoms with van der Waals surface area (Å²) >= 11 is 3.22. The zero-order chi connectivity index (χ0) is 13.9. The van der Waals surface area contributed by atoms with E-state index < -0.39 is 10.0 Å². The molecule has 1 aromatic carbocycles.